The predicted octanol–water partition coefficient (Wildman–Crippen LogP) is 1.53. The van der Waals surface area contributed by atoms with Crippen molar-refractivity contribution in [2.24, 2.45) is 0 Å². The van der Waals surface area contributed by atoms with Crippen LogP contribution in [0.3, 0.4) is 0 Å². The molecule has 1 unspecified atom stereocenters. The normalized spacial score (nSPS) is 19.3. The van der Waals surface area contributed by atoms with Crippen LogP contribution >= 0.6 is 0 Å². The number of carbonyl (C=O) groups is 2. The molecule has 170 valence electrons. The number of hydrogen-bond acceptors (Lipinski definition) is 5. The molecule has 0 aliphatic carbocycles. The summed E-state index contributed by atoms with van der Waals surface area (Å²) in [6.07, 6.45) is 2.73. The molecule has 2 aliphatic heterocycles. The fraction of sp³-hybridized carbons (Fsp3) is 0.478. The second kappa shape index (κ2) is 9.60. The van der Waals surface area contributed by atoms with Crippen LogP contribution in [0.4, 0.5) is 4.39 Å². The second-order valence-electron chi connectivity index (χ2n) is 8.24. The Balaban J connectivity index is 1.47. The fourth-order valence-corrected chi connectivity index (χ4v) is 4.29. The van der Waals surface area contributed by atoms with Crippen LogP contribution in [-0.2, 0) is 22.4 Å². The van der Waals surface area contributed by atoms with Crippen LogP contribution in [0.15, 0.2) is 29.1 Å². The maximum Gasteiger partial charge on any atom is 0.267 e. The number of ether oxygens (including phenoxy) is 1. The van der Waals surface area contributed by atoms with Crippen LogP contribution in [0.25, 0.3) is 0 Å². The van der Waals surface area contributed by atoms with Gasteiger partial charge in [0.2, 0.25) is 5.91 Å². The van der Waals surface area contributed by atoms with E-state index in [4.69, 9.17) is 4.74 Å². The summed E-state index contributed by atoms with van der Waals surface area (Å²) in [5, 5.41) is 6.51. The van der Waals surface area contributed by atoms with Gasteiger partial charge in [-0.3, -0.25) is 14.4 Å². The number of amides is 2. The van der Waals surface area contributed by atoms with E-state index in [1.165, 1.54) is 17.0 Å². The summed E-state index contributed by atoms with van der Waals surface area (Å²) < 4.78 is 20.0. The average molecular weight is 442 g/mol. The maximum atomic E-state index is 14.5. The Morgan fingerprint density at radius 1 is 1.28 bits per heavy atom. The first kappa shape index (κ1) is 22.1. The first-order valence-electron chi connectivity index (χ1n) is 11.0. The lowest BCUT2D eigenvalue weighted by atomic mass is 10.0. The highest BCUT2D eigenvalue weighted by atomic mass is 19.1. The van der Waals surface area contributed by atoms with Crippen molar-refractivity contribution >= 4 is 11.8 Å². The van der Waals surface area contributed by atoms with Gasteiger partial charge in [0, 0.05) is 31.7 Å². The molecule has 1 aromatic carbocycles. The summed E-state index contributed by atoms with van der Waals surface area (Å²) in [5.41, 5.74) is 1.65. The van der Waals surface area contributed by atoms with Crippen LogP contribution in [0.5, 0.6) is 0 Å². The van der Waals surface area contributed by atoms with Gasteiger partial charge in [-0.2, -0.15) is 5.10 Å². The highest BCUT2D eigenvalue weighted by Gasteiger charge is 2.33. The smallest absolute Gasteiger partial charge is 0.267 e. The molecule has 2 fully saturated rings. The molecular weight excluding hydrogens is 415 g/mol. The zero-order valence-corrected chi connectivity index (χ0v) is 18.1. The van der Waals surface area contributed by atoms with E-state index in [9.17, 15) is 18.8 Å². The van der Waals surface area contributed by atoms with E-state index in [1.54, 1.807) is 17.0 Å². The van der Waals surface area contributed by atoms with Crippen molar-refractivity contribution in [2.75, 3.05) is 32.8 Å². The van der Waals surface area contributed by atoms with E-state index in [0.29, 0.717) is 56.0 Å². The van der Waals surface area contributed by atoms with Gasteiger partial charge in [0.15, 0.2) is 0 Å². The lowest BCUT2D eigenvalue weighted by Crippen LogP contribution is -2.57. The number of benzene rings is 1. The van der Waals surface area contributed by atoms with Crippen LogP contribution < -0.4 is 5.56 Å². The molecule has 2 amide bonds. The summed E-state index contributed by atoms with van der Waals surface area (Å²) in [5.74, 6) is -1.26. The molecule has 0 bridgehead atoms. The van der Waals surface area contributed by atoms with E-state index in [0.717, 1.165) is 12.8 Å². The number of hydrogen-bond donors (Lipinski definition) is 1. The average Bonchev–Trinajstić information content (AvgIpc) is 2.81. The van der Waals surface area contributed by atoms with Crippen molar-refractivity contribution in [1.29, 1.82) is 0 Å². The van der Waals surface area contributed by atoms with E-state index in [2.05, 4.69) is 10.2 Å². The molecule has 0 saturated carbocycles. The van der Waals surface area contributed by atoms with Crippen LogP contribution in [0, 0.1) is 5.82 Å². The molecular formula is C23H27FN4O4. The topological polar surface area (TPSA) is 95.6 Å². The third-order valence-corrected chi connectivity index (χ3v) is 6.08. The van der Waals surface area contributed by atoms with E-state index >= 15 is 0 Å². The molecule has 1 N–H and O–H groups in total. The molecule has 1 atom stereocenters. The molecule has 8 nitrogen and oxygen atoms in total. The Morgan fingerprint density at radius 3 is 2.84 bits per heavy atom. The second-order valence-corrected chi connectivity index (χ2v) is 8.24. The van der Waals surface area contributed by atoms with Crippen molar-refractivity contribution in [2.45, 2.75) is 38.6 Å². The highest BCUT2D eigenvalue weighted by molar-refractivity contribution is 5.97. The Labute approximate surface area is 185 Å². The molecule has 0 radical (unpaired) electrons. The van der Waals surface area contributed by atoms with Crippen LogP contribution in [0.2, 0.25) is 0 Å². The molecule has 4 rings (SSSR count). The summed E-state index contributed by atoms with van der Waals surface area (Å²) in [6.45, 7) is 3.82. The minimum absolute atomic E-state index is 0.0476. The number of rotatable bonds is 5. The van der Waals surface area contributed by atoms with Crippen molar-refractivity contribution in [1.82, 2.24) is 20.0 Å². The van der Waals surface area contributed by atoms with Crippen LogP contribution in [0.1, 0.15) is 46.9 Å². The zero-order chi connectivity index (χ0) is 22.7. The van der Waals surface area contributed by atoms with Crippen molar-refractivity contribution in [3.63, 3.8) is 0 Å². The van der Waals surface area contributed by atoms with Crippen LogP contribution in [-0.4, -0.2) is 70.7 Å². The summed E-state index contributed by atoms with van der Waals surface area (Å²) >= 11 is 0. The monoisotopic (exact) mass is 442 g/mol. The van der Waals surface area contributed by atoms with Gasteiger partial charge in [-0.25, -0.2) is 9.49 Å². The minimum atomic E-state index is -0.627. The molecule has 32 heavy (non-hydrogen) atoms. The van der Waals surface area contributed by atoms with Gasteiger partial charge in [0.1, 0.15) is 12.4 Å². The number of aromatic amines is 1. The maximum absolute atomic E-state index is 14.5. The quantitative estimate of drug-likeness (QED) is 0.758. The summed E-state index contributed by atoms with van der Waals surface area (Å²) in [7, 11) is 0. The highest BCUT2D eigenvalue weighted by Crippen LogP contribution is 2.20. The molecule has 2 aromatic rings. The number of carbonyl (C=O) groups excluding carboxylic acids is 2. The minimum Gasteiger partial charge on any atom is -0.379 e. The molecule has 1 aromatic heterocycles. The number of piperazine rings is 1. The van der Waals surface area contributed by atoms with Gasteiger partial charge in [-0.15, -0.1) is 0 Å². The number of aryl methyl sites for hydroxylation is 1. The molecule has 9 heteroatoms. The van der Waals surface area contributed by atoms with E-state index in [1.807, 2.05) is 6.92 Å². The predicted molar refractivity (Wildman–Crippen MR) is 115 cm³/mol. The van der Waals surface area contributed by atoms with Crippen molar-refractivity contribution in [3.05, 3.63) is 62.8 Å². The Hall–Kier alpha value is -3.07. The van der Waals surface area contributed by atoms with Crippen molar-refractivity contribution in [3.8, 4) is 0 Å². The number of nitrogens with one attached hydrogen (secondary N) is 1. The summed E-state index contributed by atoms with van der Waals surface area (Å²) in [6, 6.07) is 6.12. The SMILES string of the molecule is CCc1cc(Cc2ccc(F)c(C(=O)N3CCN(C4CCCOC4)C(=O)C3)c2)n[nH]c1=O. The van der Waals surface area contributed by atoms with Gasteiger partial charge in [-0.05, 0) is 43.0 Å². The number of halogens is 1. The third-order valence-electron chi connectivity index (χ3n) is 6.08. The van der Waals surface area contributed by atoms with Gasteiger partial charge in [-0.1, -0.05) is 13.0 Å². The Bertz CT molecular complexity index is 1060. The van der Waals surface area contributed by atoms with E-state index in [-0.39, 0.29) is 29.6 Å². The lowest BCUT2D eigenvalue weighted by Gasteiger charge is -2.40. The van der Waals surface area contributed by atoms with Gasteiger partial charge < -0.3 is 14.5 Å². The fourth-order valence-electron chi connectivity index (χ4n) is 4.29. The molecule has 2 aliphatic rings. The summed E-state index contributed by atoms with van der Waals surface area (Å²) in [4.78, 5) is 40.6. The molecule has 0 spiro atoms. The third kappa shape index (κ3) is 4.72. The Kier molecular flexibility index (Phi) is 6.64. The largest absolute Gasteiger partial charge is 0.379 e. The number of nitrogens with zero attached hydrogens (tertiary/aromatic N) is 3. The van der Waals surface area contributed by atoms with Crippen molar-refractivity contribution < 1.29 is 18.7 Å². The zero-order valence-electron chi connectivity index (χ0n) is 18.1. The lowest BCUT2D eigenvalue weighted by molar-refractivity contribution is -0.140. The molecule has 2 saturated heterocycles. The molecule has 3 heterocycles. The van der Waals surface area contributed by atoms with Gasteiger partial charge >= 0.3 is 0 Å². The Morgan fingerprint density at radius 2 is 2.12 bits per heavy atom. The first-order chi connectivity index (χ1) is 15.5. The standard InChI is InChI=1S/C23H27FN4O4/c1-2-16-12-17(25-26-22(16)30)10-15-5-6-20(24)19(11-15)23(31)27-7-8-28(21(29)13-27)18-4-3-9-32-14-18/h5-6,11-12,18H,2-4,7-10,13-14H2,1H3,(H,26,30). The van der Waals surface area contributed by atoms with Gasteiger partial charge in [0.05, 0.1) is 23.9 Å². The number of H-pyrrole nitrogens is 1. The van der Waals surface area contributed by atoms with E-state index < -0.39 is 11.7 Å². The van der Waals surface area contributed by atoms with Gasteiger partial charge in [0.25, 0.3) is 11.5 Å². The number of aromatic nitrogens is 2. The first-order valence-corrected chi connectivity index (χ1v) is 11.0.